The van der Waals surface area contributed by atoms with Crippen LogP contribution in [0.3, 0.4) is 0 Å². The van der Waals surface area contributed by atoms with Crippen LogP contribution in [-0.2, 0) is 4.79 Å². The lowest BCUT2D eigenvalue weighted by atomic mass is 10.1. The van der Waals surface area contributed by atoms with Gasteiger partial charge in [0, 0.05) is 25.4 Å². The maximum Gasteiger partial charge on any atom is 0.329 e. The molecule has 15 heavy (non-hydrogen) atoms. The average Bonchev–Trinajstić information content (AvgIpc) is 2.64. The van der Waals surface area contributed by atoms with Gasteiger partial charge >= 0.3 is 5.97 Å². The molecule has 0 aromatic heterocycles. The second-order valence-electron chi connectivity index (χ2n) is 4.19. The van der Waals surface area contributed by atoms with Crippen LogP contribution < -0.4 is 5.32 Å². The second kappa shape index (κ2) is 6.45. The third kappa shape index (κ3) is 5.42. The number of carboxylic acids is 1. The summed E-state index contributed by atoms with van der Waals surface area (Å²) in [7, 11) is 0. The van der Waals surface area contributed by atoms with E-state index in [1.807, 2.05) is 0 Å². The Bertz CT molecular complexity index is 223. The molecule has 1 aliphatic heterocycles. The highest BCUT2D eigenvalue weighted by molar-refractivity contribution is 5.79. The maximum absolute atomic E-state index is 10.2. The van der Waals surface area contributed by atoms with Crippen LogP contribution in [-0.4, -0.2) is 42.2 Å². The van der Waals surface area contributed by atoms with Gasteiger partial charge < -0.3 is 15.3 Å². The molecule has 1 fully saturated rings. The van der Waals surface area contributed by atoms with Crippen molar-refractivity contribution in [2.75, 3.05) is 26.2 Å². The van der Waals surface area contributed by atoms with Crippen LogP contribution in [0.4, 0.5) is 0 Å². The molecule has 0 bridgehead atoms. The van der Waals surface area contributed by atoms with E-state index in [1.165, 1.54) is 32.1 Å². The molecule has 1 unspecified atom stereocenters. The third-order valence-corrected chi connectivity index (χ3v) is 2.58. The topological polar surface area (TPSA) is 52.6 Å². The van der Waals surface area contributed by atoms with Gasteiger partial charge in [-0.2, -0.15) is 0 Å². The van der Waals surface area contributed by atoms with Crippen LogP contribution in [0.15, 0.2) is 12.3 Å². The van der Waals surface area contributed by atoms with E-state index in [0.29, 0.717) is 5.92 Å². The Labute approximate surface area is 91.0 Å². The number of nitrogens with one attached hydrogen (secondary N) is 1. The first-order valence-electron chi connectivity index (χ1n) is 5.53. The molecule has 86 valence electrons. The van der Waals surface area contributed by atoms with Crippen molar-refractivity contribution in [3.8, 4) is 0 Å². The van der Waals surface area contributed by atoms with E-state index in [9.17, 15) is 4.79 Å². The summed E-state index contributed by atoms with van der Waals surface area (Å²) in [6.45, 7) is 6.55. The highest BCUT2D eigenvalue weighted by Crippen LogP contribution is 2.09. The summed E-state index contributed by atoms with van der Waals surface area (Å²) >= 11 is 0. The number of likely N-dealkylation sites (tertiary alicyclic amines) is 1. The zero-order valence-corrected chi connectivity index (χ0v) is 9.28. The quantitative estimate of drug-likeness (QED) is 0.642. The minimum atomic E-state index is -0.908. The standard InChI is InChI=1S/C11H20N2O2/c1-10(8-12-5-4-11(14)15)9-13-6-2-3-7-13/h4-5,10,12H,2-3,6-9H2,1H3,(H,14,15)/b5-4+. The molecule has 0 aromatic carbocycles. The lowest BCUT2D eigenvalue weighted by molar-refractivity contribution is -0.131. The van der Waals surface area contributed by atoms with Gasteiger partial charge in [-0.25, -0.2) is 4.79 Å². The van der Waals surface area contributed by atoms with Crippen LogP contribution in [0.1, 0.15) is 19.8 Å². The molecule has 1 heterocycles. The van der Waals surface area contributed by atoms with E-state index in [4.69, 9.17) is 5.11 Å². The predicted octanol–water partition coefficient (Wildman–Crippen LogP) is 0.906. The Balaban J connectivity index is 2.07. The molecule has 1 aliphatic rings. The normalized spacial score (nSPS) is 19.5. The number of hydrogen-bond donors (Lipinski definition) is 2. The molecule has 0 radical (unpaired) electrons. The predicted molar refractivity (Wildman–Crippen MR) is 59.6 cm³/mol. The van der Waals surface area contributed by atoms with Gasteiger partial charge in [-0.3, -0.25) is 0 Å². The van der Waals surface area contributed by atoms with Gasteiger partial charge in [0.25, 0.3) is 0 Å². The van der Waals surface area contributed by atoms with Crippen molar-refractivity contribution < 1.29 is 9.90 Å². The van der Waals surface area contributed by atoms with E-state index < -0.39 is 5.97 Å². The molecule has 4 nitrogen and oxygen atoms in total. The summed E-state index contributed by atoms with van der Waals surface area (Å²) in [5, 5.41) is 11.4. The summed E-state index contributed by atoms with van der Waals surface area (Å²) in [5.41, 5.74) is 0. The van der Waals surface area contributed by atoms with Gasteiger partial charge in [0.2, 0.25) is 0 Å². The average molecular weight is 212 g/mol. The summed E-state index contributed by atoms with van der Waals surface area (Å²) in [5.74, 6) is -0.351. The SMILES string of the molecule is CC(CN/C=C/C(=O)O)CN1CCCC1. The molecule has 0 spiro atoms. The first kappa shape index (κ1) is 12.0. The van der Waals surface area contributed by atoms with Crippen molar-refractivity contribution in [1.82, 2.24) is 10.2 Å². The number of aliphatic carboxylic acids is 1. The van der Waals surface area contributed by atoms with Gasteiger partial charge in [-0.1, -0.05) is 6.92 Å². The van der Waals surface area contributed by atoms with Crippen molar-refractivity contribution >= 4 is 5.97 Å². The Kier molecular flexibility index (Phi) is 5.18. The highest BCUT2D eigenvalue weighted by Gasteiger charge is 2.13. The summed E-state index contributed by atoms with van der Waals surface area (Å²) in [6.07, 6.45) is 5.27. The molecule has 1 saturated heterocycles. The first-order chi connectivity index (χ1) is 7.18. The Hall–Kier alpha value is -1.03. The highest BCUT2D eigenvalue weighted by atomic mass is 16.4. The van der Waals surface area contributed by atoms with Crippen LogP contribution in [0.5, 0.6) is 0 Å². The molecular weight excluding hydrogens is 192 g/mol. The maximum atomic E-state index is 10.2. The molecule has 0 aliphatic carbocycles. The van der Waals surface area contributed by atoms with E-state index in [-0.39, 0.29) is 0 Å². The van der Waals surface area contributed by atoms with E-state index in [2.05, 4.69) is 17.1 Å². The zero-order chi connectivity index (χ0) is 11.1. The van der Waals surface area contributed by atoms with Gasteiger partial charge in [0.1, 0.15) is 0 Å². The Morgan fingerprint density at radius 2 is 2.20 bits per heavy atom. The second-order valence-corrected chi connectivity index (χ2v) is 4.19. The molecule has 0 aromatic rings. The van der Waals surface area contributed by atoms with E-state index in [1.54, 1.807) is 0 Å². The number of hydrogen-bond acceptors (Lipinski definition) is 3. The van der Waals surface area contributed by atoms with Crippen LogP contribution >= 0.6 is 0 Å². The molecule has 0 saturated carbocycles. The van der Waals surface area contributed by atoms with Crippen molar-refractivity contribution in [1.29, 1.82) is 0 Å². The molecule has 4 heteroatoms. The van der Waals surface area contributed by atoms with Crippen LogP contribution in [0, 0.1) is 5.92 Å². The zero-order valence-electron chi connectivity index (χ0n) is 9.28. The van der Waals surface area contributed by atoms with Gasteiger partial charge in [-0.05, 0) is 31.8 Å². The van der Waals surface area contributed by atoms with Crippen molar-refractivity contribution in [3.05, 3.63) is 12.3 Å². The largest absolute Gasteiger partial charge is 0.478 e. The molecule has 2 N–H and O–H groups in total. The summed E-state index contributed by atoms with van der Waals surface area (Å²) in [4.78, 5) is 12.7. The lowest BCUT2D eigenvalue weighted by Crippen LogP contribution is -2.30. The number of rotatable bonds is 6. The van der Waals surface area contributed by atoms with Crippen LogP contribution in [0.2, 0.25) is 0 Å². The van der Waals surface area contributed by atoms with E-state index in [0.717, 1.165) is 19.2 Å². The third-order valence-electron chi connectivity index (χ3n) is 2.58. The molecule has 0 amide bonds. The Morgan fingerprint density at radius 3 is 2.80 bits per heavy atom. The molecule has 1 atom stereocenters. The number of nitrogens with zero attached hydrogens (tertiary/aromatic N) is 1. The van der Waals surface area contributed by atoms with Crippen molar-refractivity contribution in [2.24, 2.45) is 5.92 Å². The Morgan fingerprint density at radius 1 is 1.53 bits per heavy atom. The van der Waals surface area contributed by atoms with Gasteiger partial charge in [-0.15, -0.1) is 0 Å². The lowest BCUT2D eigenvalue weighted by Gasteiger charge is -2.19. The monoisotopic (exact) mass is 212 g/mol. The van der Waals surface area contributed by atoms with Crippen molar-refractivity contribution in [3.63, 3.8) is 0 Å². The summed E-state index contributed by atoms with van der Waals surface area (Å²) in [6, 6.07) is 0. The fraction of sp³-hybridized carbons (Fsp3) is 0.727. The minimum absolute atomic E-state index is 0.557. The van der Waals surface area contributed by atoms with Gasteiger partial charge in [0.15, 0.2) is 0 Å². The first-order valence-corrected chi connectivity index (χ1v) is 5.53. The molecule has 1 rings (SSSR count). The van der Waals surface area contributed by atoms with Crippen LogP contribution in [0.25, 0.3) is 0 Å². The fourth-order valence-corrected chi connectivity index (χ4v) is 1.87. The van der Waals surface area contributed by atoms with E-state index >= 15 is 0 Å². The van der Waals surface area contributed by atoms with Crippen molar-refractivity contribution in [2.45, 2.75) is 19.8 Å². The van der Waals surface area contributed by atoms with Gasteiger partial charge in [0.05, 0.1) is 0 Å². The summed E-state index contributed by atoms with van der Waals surface area (Å²) < 4.78 is 0. The minimum Gasteiger partial charge on any atom is -0.478 e. The molecular formula is C11H20N2O2. The number of carboxylic acid groups (broad SMARTS) is 1. The fourth-order valence-electron chi connectivity index (χ4n) is 1.87. The smallest absolute Gasteiger partial charge is 0.329 e. The number of carbonyl (C=O) groups is 1.